The summed E-state index contributed by atoms with van der Waals surface area (Å²) in [4.78, 5) is 22.6. The maximum absolute atomic E-state index is 12.9. The normalized spacial score (nSPS) is 11.9. The number of hydrogen-bond donors (Lipinski definition) is 2. The molecule has 0 saturated heterocycles. The van der Waals surface area contributed by atoms with E-state index in [0.717, 1.165) is 23.9 Å². The molecule has 1 rings (SSSR count). The van der Waals surface area contributed by atoms with Crippen LogP contribution < -0.4 is 5.32 Å². The second-order valence-corrected chi connectivity index (χ2v) is 4.78. The summed E-state index contributed by atoms with van der Waals surface area (Å²) in [7, 11) is 0. The number of hydrogen-bond acceptors (Lipinski definition) is 3. The van der Waals surface area contributed by atoms with Gasteiger partial charge in [-0.3, -0.25) is 4.79 Å². The number of aliphatic carboxylic acids is 1. The molecule has 0 bridgehead atoms. The van der Waals surface area contributed by atoms with Crippen molar-refractivity contribution >= 4 is 23.6 Å². The first kappa shape index (κ1) is 15.4. The van der Waals surface area contributed by atoms with Gasteiger partial charge in [-0.15, -0.1) is 11.8 Å². The maximum Gasteiger partial charge on any atom is 0.326 e. The first-order chi connectivity index (χ1) is 8.93. The van der Waals surface area contributed by atoms with Crippen molar-refractivity contribution in [2.45, 2.75) is 24.3 Å². The van der Waals surface area contributed by atoms with Gasteiger partial charge in [0.1, 0.15) is 6.04 Å². The maximum atomic E-state index is 12.9. The molecule has 0 fully saturated rings. The topological polar surface area (TPSA) is 66.4 Å². The van der Waals surface area contributed by atoms with Crippen LogP contribution in [0.5, 0.6) is 0 Å². The molecular formula is C12H13F2NO3S. The van der Waals surface area contributed by atoms with E-state index in [2.05, 4.69) is 5.32 Å². The van der Waals surface area contributed by atoms with Crippen molar-refractivity contribution in [2.24, 2.45) is 0 Å². The lowest BCUT2D eigenvalue weighted by Crippen LogP contribution is -2.41. The lowest BCUT2D eigenvalue weighted by atomic mass is 10.2. The molecule has 1 atom stereocenters. The second kappa shape index (κ2) is 7.08. The number of benzene rings is 1. The van der Waals surface area contributed by atoms with Crippen molar-refractivity contribution in [3.63, 3.8) is 0 Å². The molecule has 7 heteroatoms. The summed E-state index contributed by atoms with van der Waals surface area (Å²) in [5, 5.41) is 11.1. The first-order valence-corrected chi connectivity index (χ1v) is 6.52. The number of carbonyl (C=O) groups excluding carboxylic acids is 1. The van der Waals surface area contributed by atoms with E-state index in [1.165, 1.54) is 6.07 Å². The van der Waals surface area contributed by atoms with Gasteiger partial charge in [0.2, 0.25) is 5.91 Å². The standard InChI is InChI=1S/C12H13F2NO3S/c1-2-10(12(17)18)15-11(16)6-19-7-3-4-8(13)9(14)5-7/h3-5,10H,2,6H2,1H3,(H,15,16)(H,17,18)/t10-/m1/s1. The van der Waals surface area contributed by atoms with Crippen molar-refractivity contribution in [3.05, 3.63) is 29.8 Å². The number of thioether (sulfide) groups is 1. The van der Waals surface area contributed by atoms with E-state index in [4.69, 9.17) is 5.11 Å². The molecule has 0 unspecified atom stereocenters. The van der Waals surface area contributed by atoms with E-state index in [0.29, 0.717) is 4.90 Å². The Balaban J connectivity index is 2.49. The highest BCUT2D eigenvalue weighted by Crippen LogP contribution is 2.20. The van der Waals surface area contributed by atoms with Crippen LogP contribution in [0.1, 0.15) is 13.3 Å². The Kier molecular flexibility index (Phi) is 5.75. The predicted octanol–water partition coefficient (Wildman–Crippen LogP) is 2.04. The third kappa shape index (κ3) is 4.86. The molecule has 4 nitrogen and oxygen atoms in total. The molecule has 0 aliphatic heterocycles. The van der Waals surface area contributed by atoms with E-state index in [9.17, 15) is 18.4 Å². The van der Waals surface area contributed by atoms with Crippen molar-refractivity contribution in [1.82, 2.24) is 5.32 Å². The summed E-state index contributed by atoms with van der Waals surface area (Å²) in [6, 6.07) is 2.38. The number of halogens is 2. The monoisotopic (exact) mass is 289 g/mol. The summed E-state index contributed by atoms with van der Waals surface area (Å²) in [6.07, 6.45) is 0.275. The van der Waals surface area contributed by atoms with E-state index < -0.39 is 29.6 Å². The zero-order valence-electron chi connectivity index (χ0n) is 10.2. The molecule has 0 saturated carbocycles. The average molecular weight is 289 g/mol. The molecule has 104 valence electrons. The Bertz CT molecular complexity index is 482. The van der Waals surface area contributed by atoms with Gasteiger partial charge in [-0.2, -0.15) is 0 Å². The average Bonchev–Trinajstić information content (AvgIpc) is 2.37. The van der Waals surface area contributed by atoms with Crippen LogP contribution in [0.25, 0.3) is 0 Å². The quantitative estimate of drug-likeness (QED) is 0.786. The minimum atomic E-state index is -1.10. The molecular weight excluding hydrogens is 276 g/mol. The van der Waals surface area contributed by atoms with Crippen molar-refractivity contribution in [3.8, 4) is 0 Å². The Morgan fingerprint density at radius 1 is 1.37 bits per heavy atom. The SMILES string of the molecule is CC[C@@H](NC(=O)CSc1ccc(F)c(F)c1)C(=O)O. The van der Waals surface area contributed by atoms with Gasteiger partial charge in [-0.25, -0.2) is 13.6 Å². The molecule has 2 N–H and O–H groups in total. The minimum absolute atomic E-state index is 0.0607. The van der Waals surface area contributed by atoms with Gasteiger partial charge >= 0.3 is 5.97 Å². The molecule has 0 heterocycles. The molecule has 0 aliphatic rings. The first-order valence-electron chi connectivity index (χ1n) is 5.54. The number of carbonyl (C=O) groups is 2. The summed E-state index contributed by atoms with van der Waals surface area (Å²) >= 11 is 1.00. The van der Waals surface area contributed by atoms with Crippen LogP contribution in [0.4, 0.5) is 8.78 Å². The molecule has 0 aromatic heterocycles. The summed E-state index contributed by atoms with van der Waals surface area (Å²) < 4.78 is 25.6. The molecule has 19 heavy (non-hydrogen) atoms. The molecule has 0 aliphatic carbocycles. The highest BCUT2D eigenvalue weighted by atomic mass is 32.2. The second-order valence-electron chi connectivity index (χ2n) is 3.73. The van der Waals surface area contributed by atoms with Crippen molar-refractivity contribution < 1.29 is 23.5 Å². The molecule has 0 radical (unpaired) electrons. The van der Waals surface area contributed by atoms with E-state index >= 15 is 0 Å². The van der Waals surface area contributed by atoms with Crippen molar-refractivity contribution in [2.75, 3.05) is 5.75 Å². The van der Waals surface area contributed by atoms with Crippen LogP contribution in [-0.4, -0.2) is 28.8 Å². The number of carboxylic acids is 1. The zero-order chi connectivity index (χ0) is 14.4. The molecule has 0 spiro atoms. The van der Waals surface area contributed by atoms with Crippen LogP contribution in [0.15, 0.2) is 23.1 Å². The highest BCUT2D eigenvalue weighted by Gasteiger charge is 2.17. The fourth-order valence-corrected chi connectivity index (χ4v) is 2.02. The van der Waals surface area contributed by atoms with Crippen LogP contribution in [-0.2, 0) is 9.59 Å². The van der Waals surface area contributed by atoms with Gasteiger partial charge in [-0.05, 0) is 24.6 Å². The summed E-state index contributed by atoms with van der Waals surface area (Å²) in [5.74, 6) is -3.57. The third-order valence-electron chi connectivity index (χ3n) is 2.30. The lowest BCUT2D eigenvalue weighted by molar-refractivity contribution is -0.141. The van der Waals surface area contributed by atoms with Crippen LogP contribution >= 0.6 is 11.8 Å². The third-order valence-corrected chi connectivity index (χ3v) is 3.30. The summed E-state index contributed by atoms with van der Waals surface area (Å²) in [6.45, 7) is 1.64. The zero-order valence-corrected chi connectivity index (χ0v) is 11.0. The van der Waals surface area contributed by atoms with Gasteiger partial charge in [0.15, 0.2) is 11.6 Å². The van der Waals surface area contributed by atoms with Gasteiger partial charge in [-0.1, -0.05) is 6.92 Å². The van der Waals surface area contributed by atoms with Crippen LogP contribution in [0.3, 0.4) is 0 Å². The fourth-order valence-electron chi connectivity index (χ4n) is 1.29. The largest absolute Gasteiger partial charge is 0.480 e. The number of amides is 1. The van der Waals surface area contributed by atoms with Gasteiger partial charge in [0.25, 0.3) is 0 Å². The van der Waals surface area contributed by atoms with E-state index in [-0.39, 0.29) is 12.2 Å². The number of rotatable bonds is 6. The smallest absolute Gasteiger partial charge is 0.326 e. The summed E-state index contributed by atoms with van der Waals surface area (Å²) in [5.41, 5.74) is 0. The number of nitrogens with one attached hydrogen (secondary N) is 1. The Morgan fingerprint density at radius 3 is 2.58 bits per heavy atom. The highest BCUT2D eigenvalue weighted by molar-refractivity contribution is 8.00. The van der Waals surface area contributed by atoms with Crippen LogP contribution in [0.2, 0.25) is 0 Å². The Morgan fingerprint density at radius 2 is 2.05 bits per heavy atom. The molecule has 1 aromatic carbocycles. The predicted molar refractivity (Wildman–Crippen MR) is 66.9 cm³/mol. The Labute approximate surface area is 113 Å². The van der Waals surface area contributed by atoms with E-state index in [1.54, 1.807) is 6.92 Å². The lowest BCUT2D eigenvalue weighted by Gasteiger charge is -2.11. The van der Waals surface area contributed by atoms with Gasteiger partial charge < -0.3 is 10.4 Å². The van der Waals surface area contributed by atoms with E-state index in [1.807, 2.05) is 0 Å². The Hall–Kier alpha value is -1.63. The molecule has 1 amide bonds. The van der Waals surface area contributed by atoms with Crippen molar-refractivity contribution in [1.29, 1.82) is 0 Å². The van der Waals surface area contributed by atoms with Crippen LogP contribution in [0, 0.1) is 11.6 Å². The van der Waals surface area contributed by atoms with Gasteiger partial charge in [0.05, 0.1) is 5.75 Å². The molecule has 1 aromatic rings. The fraction of sp³-hybridized carbons (Fsp3) is 0.333. The van der Waals surface area contributed by atoms with Gasteiger partial charge in [0, 0.05) is 4.90 Å². The number of carboxylic acid groups (broad SMARTS) is 1. The minimum Gasteiger partial charge on any atom is -0.480 e.